The molecule has 3 heterocycles. The highest BCUT2D eigenvalue weighted by Gasteiger charge is 2.53. The lowest BCUT2D eigenvalue weighted by atomic mass is 10.00. The van der Waals surface area contributed by atoms with Gasteiger partial charge >= 0.3 is 5.97 Å². The van der Waals surface area contributed by atoms with Gasteiger partial charge < -0.3 is 18.9 Å². The maximum absolute atomic E-state index is 11.6. The molecule has 0 aromatic carbocycles. The third kappa shape index (κ3) is 1.75. The minimum atomic E-state index is -1.20. The van der Waals surface area contributed by atoms with Gasteiger partial charge in [-0.1, -0.05) is 6.92 Å². The van der Waals surface area contributed by atoms with Crippen molar-refractivity contribution in [1.82, 2.24) is 0 Å². The Balaban J connectivity index is 2.14. The summed E-state index contributed by atoms with van der Waals surface area (Å²) in [6.07, 6.45) is 0.567. The lowest BCUT2D eigenvalue weighted by Gasteiger charge is -2.47. The quantitative estimate of drug-likeness (QED) is 0.644. The zero-order valence-corrected chi connectivity index (χ0v) is 9.02. The average Bonchev–Trinajstić information content (AvgIpc) is 2.31. The number of hydrogen-bond donors (Lipinski definition) is 0. The van der Waals surface area contributed by atoms with Gasteiger partial charge in [0.05, 0.1) is 26.9 Å². The van der Waals surface area contributed by atoms with Crippen molar-refractivity contribution in [2.75, 3.05) is 26.9 Å². The van der Waals surface area contributed by atoms with Gasteiger partial charge in [0.25, 0.3) is 5.97 Å². The summed E-state index contributed by atoms with van der Waals surface area (Å²) in [5, 5.41) is 0. The molecule has 3 saturated heterocycles. The second kappa shape index (κ2) is 4.08. The van der Waals surface area contributed by atoms with Gasteiger partial charge in [0.1, 0.15) is 5.92 Å². The summed E-state index contributed by atoms with van der Waals surface area (Å²) in [5.74, 6) is -1.76. The molecule has 0 saturated carbocycles. The third-order valence-corrected chi connectivity index (χ3v) is 2.88. The molecular weight excluding hydrogens is 200 g/mol. The fourth-order valence-corrected chi connectivity index (χ4v) is 1.98. The zero-order chi connectivity index (χ0) is 10.9. The number of carbonyl (C=O) groups is 1. The maximum atomic E-state index is 11.6. The lowest BCUT2D eigenvalue weighted by molar-refractivity contribution is -0.463. The van der Waals surface area contributed by atoms with E-state index in [0.29, 0.717) is 32.2 Å². The molecule has 2 bridgehead atoms. The van der Waals surface area contributed by atoms with Crippen LogP contribution < -0.4 is 0 Å². The highest BCUT2D eigenvalue weighted by Crippen LogP contribution is 2.38. The number of fused-ring (bicyclic) bond motifs is 3. The minimum absolute atomic E-state index is 0.294. The summed E-state index contributed by atoms with van der Waals surface area (Å²) in [4.78, 5) is 11.6. The molecule has 3 rings (SSSR count). The van der Waals surface area contributed by atoms with Crippen LogP contribution in [-0.4, -0.2) is 38.9 Å². The van der Waals surface area contributed by atoms with E-state index >= 15 is 0 Å². The molecule has 3 aliphatic heterocycles. The molecule has 15 heavy (non-hydrogen) atoms. The van der Waals surface area contributed by atoms with Crippen LogP contribution in [0.25, 0.3) is 0 Å². The second-order valence-electron chi connectivity index (χ2n) is 3.89. The van der Waals surface area contributed by atoms with Crippen LogP contribution in [0.3, 0.4) is 0 Å². The Hall–Kier alpha value is -0.650. The van der Waals surface area contributed by atoms with Crippen molar-refractivity contribution in [3.05, 3.63) is 0 Å². The first-order valence-corrected chi connectivity index (χ1v) is 5.21. The molecule has 1 unspecified atom stereocenters. The van der Waals surface area contributed by atoms with Gasteiger partial charge in [0, 0.05) is 5.92 Å². The summed E-state index contributed by atoms with van der Waals surface area (Å²) >= 11 is 0. The smallest absolute Gasteiger partial charge is 0.316 e. The zero-order valence-electron chi connectivity index (χ0n) is 9.02. The summed E-state index contributed by atoms with van der Waals surface area (Å²) in [6, 6.07) is 0. The lowest BCUT2D eigenvalue weighted by Crippen LogP contribution is -2.59. The SMILES string of the molecule is CCC(C(=O)OC)C12OCC(CO1)CO2. The van der Waals surface area contributed by atoms with Gasteiger partial charge in [0.15, 0.2) is 0 Å². The van der Waals surface area contributed by atoms with Crippen molar-refractivity contribution < 1.29 is 23.7 Å². The number of ether oxygens (including phenoxy) is 4. The third-order valence-electron chi connectivity index (χ3n) is 2.88. The van der Waals surface area contributed by atoms with Crippen LogP contribution in [-0.2, 0) is 23.7 Å². The Morgan fingerprint density at radius 1 is 1.40 bits per heavy atom. The first kappa shape index (κ1) is 10.9. The summed E-state index contributed by atoms with van der Waals surface area (Å²) < 4.78 is 21.2. The molecule has 3 fully saturated rings. The van der Waals surface area contributed by atoms with Gasteiger partial charge in [-0.25, -0.2) is 0 Å². The van der Waals surface area contributed by atoms with Crippen LogP contribution in [0, 0.1) is 11.8 Å². The van der Waals surface area contributed by atoms with Crippen LogP contribution in [0.2, 0.25) is 0 Å². The molecule has 0 spiro atoms. The fourth-order valence-electron chi connectivity index (χ4n) is 1.98. The molecule has 0 aromatic rings. The van der Waals surface area contributed by atoms with E-state index in [2.05, 4.69) is 0 Å². The molecule has 0 amide bonds. The largest absolute Gasteiger partial charge is 0.469 e. The molecule has 3 aliphatic rings. The Morgan fingerprint density at radius 3 is 2.33 bits per heavy atom. The molecule has 86 valence electrons. The Morgan fingerprint density at radius 2 is 1.93 bits per heavy atom. The van der Waals surface area contributed by atoms with Crippen molar-refractivity contribution >= 4 is 5.97 Å². The highest BCUT2D eigenvalue weighted by molar-refractivity contribution is 5.73. The van der Waals surface area contributed by atoms with Crippen molar-refractivity contribution in [3.63, 3.8) is 0 Å². The van der Waals surface area contributed by atoms with Crippen LogP contribution in [0.15, 0.2) is 0 Å². The normalized spacial score (nSPS) is 36.3. The number of methoxy groups -OCH3 is 1. The maximum Gasteiger partial charge on any atom is 0.316 e. The molecule has 5 nitrogen and oxygen atoms in total. The molecule has 1 atom stereocenters. The first-order chi connectivity index (χ1) is 7.22. The predicted molar refractivity (Wildman–Crippen MR) is 49.9 cm³/mol. The van der Waals surface area contributed by atoms with Crippen molar-refractivity contribution in [3.8, 4) is 0 Å². The minimum Gasteiger partial charge on any atom is -0.469 e. The fraction of sp³-hybridized carbons (Fsp3) is 0.900. The van der Waals surface area contributed by atoms with E-state index in [1.807, 2.05) is 6.92 Å². The van der Waals surface area contributed by atoms with Gasteiger partial charge in [-0.3, -0.25) is 4.79 Å². The predicted octanol–water partition coefficient (Wildman–Crippen LogP) is 0.533. The Bertz CT molecular complexity index is 230. The van der Waals surface area contributed by atoms with E-state index in [-0.39, 0.29) is 5.97 Å². The number of hydrogen-bond acceptors (Lipinski definition) is 5. The van der Waals surface area contributed by atoms with E-state index in [0.717, 1.165) is 0 Å². The van der Waals surface area contributed by atoms with E-state index in [9.17, 15) is 4.79 Å². The van der Waals surface area contributed by atoms with E-state index in [1.165, 1.54) is 7.11 Å². The number of carbonyl (C=O) groups excluding carboxylic acids is 1. The first-order valence-electron chi connectivity index (χ1n) is 5.21. The van der Waals surface area contributed by atoms with Gasteiger partial charge in [-0.05, 0) is 6.42 Å². The molecule has 0 aromatic heterocycles. The van der Waals surface area contributed by atoms with Crippen LogP contribution in [0.1, 0.15) is 13.3 Å². The van der Waals surface area contributed by atoms with Gasteiger partial charge in [-0.2, -0.15) is 0 Å². The van der Waals surface area contributed by atoms with Gasteiger partial charge in [-0.15, -0.1) is 0 Å². The molecule has 5 heteroatoms. The van der Waals surface area contributed by atoms with Crippen LogP contribution in [0.4, 0.5) is 0 Å². The molecule has 0 N–H and O–H groups in total. The van der Waals surface area contributed by atoms with E-state index in [4.69, 9.17) is 18.9 Å². The Kier molecular flexibility index (Phi) is 2.95. The average molecular weight is 216 g/mol. The summed E-state index contributed by atoms with van der Waals surface area (Å²) in [6.45, 7) is 3.65. The van der Waals surface area contributed by atoms with E-state index < -0.39 is 11.9 Å². The summed E-state index contributed by atoms with van der Waals surface area (Å²) in [5.41, 5.74) is 0. The van der Waals surface area contributed by atoms with Crippen LogP contribution in [0.5, 0.6) is 0 Å². The molecular formula is C10H16O5. The van der Waals surface area contributed by atoms with Crippen molar-refractivity contribution in [2.24, 2.45) is 11.8 Å². The second-order valence-corrected chi connectivity index (χ2v) is 3.89. The van der Waals surface area contributed by atoms with E-state index in [1.54, 1.807) is 0 Å². The van der Waals surface area contributed by atoms with Gasteiger partial charge in [0.2, 0.25) is 0 Å². The van der Waals surface area contributed by atoms with Crippen molar-refractivity contribution in [1.29, 1.82) is 0 Å². The van der Waals surface area contributed by atoms with Crippen LogP contribution >= 0.6 is 0 Å². The summed E-state index contributed by atoms with van der Waals surface area (Å²) in [7, 11) is 1.36. The van der Waals surface area contributed by atoms with Crippen molar-refractivity contribution in [2.45, 2.75) is 19.3 Å². The topological polar surface area (TPSA) is 54.0 Å². The molecule has 0 radical (unpaired) electrons. The number of rotatable bonds is 3. The monoisotopic (exact) mass is 216 g/mol. The highest BCUT2D eigenvalue weighted by atomic mass is 16.9. The Labute approximate surface area is 88.6 Å². The molecule has 0 aliphatic carbocycles. The standard InChI is InChI=1S/C10H16O5/c1-3-8(9(11)12-2)10-13-4-7(5-14-10)6-15-10/h7-8H,3-6H2,1-2H3. The number of esters is 1.